The Bertz CT molecular complexity index is 541. The first-order valence-corrected chi connectivity index (χ1v) is 6.67. The molecule has 1 atom stereocenters. The second-order valence-electron chi connectivity index (χ2n) is 5.24. The molecule has 5 nitrogen and oxygen atoms in total. The van der Waals surface area contributed by atoms with Crippen molar-refractivity contribution in [2.24, 2.45) is 7.05 Å². The maximum Gasteiger partial charge on any atom is 0.146 e. The molecule has 0 saturated carbocycles. The van der Waals surface area contributed by atoms with Crippen LogP contribution in [0.2, 0.25) is 0 Å². The molecule has 0 saturated heterocycles. The van der Waals surface area contributed by atoms with Gasteiger partial charge in [-0.25, -0.2) is 0 Å². The molecular formula is C14H22N4O. The van der Waals surface area contributed by atoms with Crippen LogP contribution >= 0.6 is 0 Å². The molecule has 0 aliphatic carbocycles. The highest BCUT2D eigenvalue weighted by Crippen LogP contribution is 2.16. The van der Waals surface area contributed by atoms with E-state index in [-0.39, 0.29) is 6.04 Å². The molecule has 0 spiro atoms. The van der Waals surface area contributed by atoms with Crippen molar-refractivity contribution in [2.45, 2.75) is 46.2 Å². The van der Waals surface area contributed by atoms with Crippen molar-refractivity contribution in [2.75, 3.05) is 0 Å². The van der Waals surface area contributed by atoms with Gasteiger partial charge in [0.15, 0.2) is 0 Å². The van der Waals surface area contributed by atoms with Crippen LogP contribution in [0.25, 0.3) is 0 Å². The van der Waals surface area contributed by atoms with Gasteiger partial charge in [-0.15, -0.1) is 10.2 Å². The van der Waals surface area contributed by atoms with E-state index in [9.17, 15) is 0 Å². The van der Waals surface area contributed by atoms with Crippen LogP contribution in [0.15, 0.2) is 16.5 Å². The van der Waals surface area contributed by atoms with Crippen LogP contribution in [-0.4, -0.2) is 14.8 Å². The first-order valence-electron chi connectivity index (χ1n) is 6.67. The molecule has 2 aromatic rings. The summed E-state index contributed by atoms with van der Waals surface area (Å²) in [6.45, 7) is 8.95. The van der Waals surface area contributed by atoms with Crippen molar-refractivity contribution in [3.63, 3.8) is 0 Å². The van der Waals surface area contributed by atoms with E-state index >= 15 is 0 Å². The lowest BCUT2D eigenvalue weighted by atomic mass is 10.2. The zero-order chi connectivity index (χ0) is 14.0. The molecule has 0 bridgehead atoms. The van der Waals surface area contributed by atoms with Crippen LogP contribution in [0.4, 0.5) is 0 Å². The van der Waals surface area contributed by atoms with Crippen LogP contribution in [0.1, 0.15) is 55.9 Å². The largest absolute Gasteiger partial charge is 0.465 e. The lowest BCUT2D eigenvalue weighted by molar-refractivity contribution is 0.411. The molecule has 2 aromatic heterocycles. The SMILES string of the molecule is Cc1ccc([C@H](C)NCc2nnc(C(C)C)n2C)o1. The summed E-state index contributed by atoms with van der Waals surface area (Å²) in [5.41, 5.74) is 0. The molecule has 0 aliphatic rings. The number of aromatic nitrogens is 3. The van der Waals surface area contributed by atoms with Crippen LogP contribution in [0.5, 0.6) is 0 Å². The van der Waals surface area contributed by atoms with Gasteiger partial charge in [-0.1, -0.05) is 13.8 Å². The van der Waals surface area contributed by atoms with Crippen LogP contribution < -0.4 is 5.32 Å². The number of furan rings is 1. The van der Waals surface area contributed by atoms with Gasteiger partial charge in [0, 0.05) is 13.0 Å². The number of rotatable bonds is 5. The Hall–Kier alpha value is -1.62. The van der Waals surface area contributed by atoms with Gasteiger partial charge in [-0.3, -0.25) is 0 Å². The summed E-state index contributed by atoms with van der Waals surface area (Å²) in [7, 11) is 2.01. The molecule has 0 fully saturated rings. The Balaban J connectivity index is 1.99. The zero-order valence-electron chi connectivity index (χ0n) is 12.3. The summed E-state index contributed by atoms with van der Waals surface area (Å²) < 4.78 is 7.66. The first-order chi connectivity index (χ1) is 8.99. The van der Waals surface area contributed by atoms with Gasteiger partial charge in [0.05, 0.1) is 12.6 Å². The highest BCUT2D eigenvalue weighted by atomic mass is 16.3. The van der Waals surface area contributed by atoms with Crippen molar-refractivity contribution in [1.82, 2.24) is 20.1 Å². The average Bonchev–Trinajstić information content (AvgIpc) is 2.93. The summed E-state index contributed by atoms with van der Waals surface area (Å²) in [5, 5.41) is 11.9. The van der Waals surface area contributed by atoms with E-state index in [1.807, 2.05) is 26.1 Å². The summed E-state index contributed by atoms with van der Waals surface area (Å²) in [5.74, 6) is 4.22. The molecule has 0 amide bonds. The van der Waals surface area contributed by atoms with Crippen LogP contribution in [0, 0.1) is 6.92 Å². The Morgan fingerprint density at radius 1 is 1.26 bits per heavy atom. The summed E-state index contributed by atoms with van der Waals surface area (Å²) in [6.07, 6.45) is 0. The van der Waals surface area contributed by atoms with Gasteiger partial charge in [-0.2, -0.15) is 0 Å². The van der Waals surface area contributed by atoms with E-state index in [1.54, 1.807) is 0 Å². The lowest BCUT2D eigenvalue weighted by Crippen LogP contribution is -2.20. The fourth-order valence-corrected chi connectivity index (χ4v) is 2.06. The maximum atomic E-state index is 5.60. The standard InChI is InChI=1S/C14H22N4O/c1-9(2)14-17-16-13(18(14)5)8-15-11(4)12-7-6-10(3)19-12/h6-7,9,11,15H,8H2,1-5H3/t11-/m0/s1. The number of nitrogens with zero attached hydrogens (tertiary/aromatic N) is 3. The minimum Gasteiger partial charge on any atom is -0.465 e. The van der Waals surface area contributed by atoms with Gasteiger partial charge < -0.3 is 14.3 Å². The molecule has 2 rings (SSSR count). The molecule has 0 unspecified atom stereocenters. The van der Waals surface area contributed by atoms with Crippen LogP contribution in [0.3, 0.4) is 0 Å². The second-order valence-corrected chi connectivity index (χ2v) is 5.24. The van der Waals surface area contributed by atoms with Crippen molar-refractivity contribution < 1.29 is 4.42 Å². The van der Waals surface area contributed by atoms with E-state index in [1.165, 1.54) is 0 Å². The topological polar surface area (TPSA) is 55.9 Å². The Kier molecular flexibility index (Phi) is 4.04. The highest BCUT2D eigenvalue weighted by molar-refractivity contribution is 5.09. The lowest BCUT2D eigenvalue weighted by Gasteiger charge is -2.11. The normalized spacial score (nSPS) is 13.2. The maximum absolute atomic E-state index is 5.60. The molecular weight excluding hydrogens is 240 g/mol. The van der Waals surface area contributed by atoms with E-state index in [0.717, 1.165) is 23.2 Å². The fraction of sp³-hybridized carbons (Fsp3) is 0.571. The van der Waals surface area contributed by atoms with Crippen molar-refractivity contribution >= 4 is 0 Å². The van der Waals surface area contributed by atoms with Crippen molar-refractivity contribution in [3.05, 3.63) is 35.3 Å². The third-order valence-electron chi connectivity index (χ3n) is 3.27. The van der Waals surface area contributed by atoms with Gasteiger partial charge in [0.25, 0.3) is 0 Å². The number of hydrogen-bond donors (Lipinski definition) is 1. The van der Waals surface area contributed by atoms with Gasteiger partial charge in [0.2, 0.25) is 0 Å². The summed E-state index contributed by atoms with van der Waals surface area (Å²) >= 11 is 0. The van der Waals surface area contributed by atoms with Gasteiger partial charge >= 0.3 is 0 Å². The van der Waals surface area contributed by atoms with E-state index in [4.69, 9.17) is 4.42 Å². The van der Waals surface area contributed by atoms with Gasteiger partial charge in [-0.05, 0) is 26.0 Å². The summed E-state index contributed by atoms with van der Waals surface area (Å²) in [6, 6.07) is 4.14. The molecule has 19 heavy (non-hydrogen) atoms. The van der Waals surface area contributed by atoms with E-state index < -0.39 is 0 Å². The van der Waals surface area contributed by atoms with Crippen molar-refractivity contribution in [3.8, 4) is 0 Å². The molecule has 0 aliphatic heterocycles. The minimum atomic E-state index is 0.160. The van der Waals surface area contributed by atoms with E-state index in [2.05, 4.69) is 40.9 Å². The quantitative estimate of drug-likeness (QED) is 0.900. The zero-order valence-corrected chi connectivity index (χ0v) is 12.3. The molecule has 5 heteroatoms. The first kappa shape index (κ1) is 13.8. The van der Waals surface area contributed by atoms with E-state index in [0.29, 0.717) is 12.5 Å². The summed E-state index contributed by atoms with van der Waals surface area (Å²) in [4.78, 5) is 0. The average molecular weight is 262 g/mol. The van der Waals surface area contributed by atoms with Crippen LogP contribution in [-0.2, 0) is 13.6 Å². The van der Waals surface area contributed by atoms with Gasteiger partial charge in [0.1, 0.15) is 23.2 Å². The molecule has 0 aromatic carbocycles. The smallest absolute Gasteiger partial charge is 0.146 e. The highest BCUT2D eigenvalue weighted by Gasteiger charge is 2.14. The molecule has 104 valence electrons. The monoisotopic (exact) mass is 262 g/mol. The molecule has 2 heterocycles. The predicted octanol–water partition coefficient (Wildman–Crippen LogP) is 2.69. The Labute approximate surface area is 114 Å². The van der Waals surface area contributed by atoms with Crippen molar-refractivity contribution in [1.29, 1.82) is 0 Å². The Morgan fingerprint density at radius 2 is 2.00 bits per heavy atom. The second kappa shape index (κ2) is 5.57. The molecule has 1 N–H and O–H groups in total. The number of nitrogens with one attached hydrogen (secondary N) is 1. The number of aryl methyl sites for hydroxylation is 1. The predicted molar refractivity (Wildman–Crippen MR) is 73.8 cm³/mol. The minimum absolute atomic E-state index is 0.160. The third kappa shape index (κ3) is 3.04. The fourth-order valence-electron chi connectivity index (χ4n) is 2.06. The molecule has 0 radical (unpaired) electrons. The number of hydrogen-bond acceptors (Lipinski definition) is 4. The Morgan fingerprint density at radius 3 is 2.53 bits per heavy atom. The third-order valence-corrected chi connectivity index (χ3v) is 3.27.